The van der Waals surface area contributed by atoms with Gasteiger partial charge in [0.1, 0.15) is 0 Å². The zero-order valence-corrected chi connectivity index (χ0v) is 16.5. The minimum absolute atomic E-state index is 0.0375. The number of carbonyl (C=O) groups excluding carboxylic acids is 1. The van der Waals surface area contributed by atoms with Gasteiger partial charge in [-0.25, -0.2) is 9.97 Å². The first-order valence-corrected chi connectivity index (χ1v) is 10.3. The van der Waals surface area contributed by atoms with Crippen LogP contribution in [0.25, 0.3) is 0 Å². The number of piperidine rings is 1. The van der Waals surface area contributed by atoms with E-state index in [2.05, 4.69) is 10.3 Å². The predicted octanol–water partition coefficient (Wildman–Crippen LogP) is 3.03. The third-order valence-electron chi connectivity index (χ3n) is 5.56. The maximum absolute atomic E-state index is 13.2. The van der Waals surface area contributed by atoms with Gasteiger partial charge in [0.2, 0.25) is 0 Å². The van der Waals surface area contributed by atoms with E-state index in [1.807, 2.05) is 42.3 Å². The molecule has 1 N–H and O–H groups in total. The Labute approximate surface area is 166 Å². The third-order valence-corrected chi connectivity index (χ3v) is 5.56. The van der Waals surface area contributed by atoms with Gasteiger partial charge in [0.15, 0.2) is 5.82 Å². The van der Waals surface area contributed by atoms with Crippen molar-refractivity contribution in [2.24, 2.45) is 0 Å². The molecule has 1 amide bonds. The van der Waals surface area contributed by atoms with Crippen LogP contribution in [0.3, 0.4) is 0 Å². The Morgan fingerprint density at radius 2 is 2.14 bits per heavy atom. The Balaban J connectivity index is 1.54. The summed E-state index contributed by atoms with van der Waals surface area (Å²) in [4.78, 5) is 24.7. The van der Waals surface area contributed by atoms with Gasteiger partial charge in [0, 0.05) is 55.7 Å². The van der Waals surface area contributed by atoms with Crippen LogP contribution in [-0.4, -0.2) is 40.5 Å². The smallest absolute Gasteiger partial charge is 0.254 e. The molecule has 2 aliphatic rings. The first-order chi connectivity index (χ1) is 13.8. The molecule has 6 nitrogen and oxygen atoms in total. The highest BCUT2D eigenvalue weighted by atomic mass is 16.5. The summed E-state index contributed by atoms with van der Waals surface area (Å²) in [5, 5.41) is 3.35. The van der Waals surface area contributed by atoms with Crippen LogP contribution >= 0.6 is 0 Å². The summed E-state index contributed by atoms with van der Waals surface area (Å²) >= 11 is 0. The van der Waals surface area contributed by atoms with Gasteiger partial charge in [-0.3, -0.25) is 4.79 Å². The highest BCUT2D eigenvalue weighted by molar-refractivity contribution is 5.94. The fourth-order valence-electron chi connectivity index (χ4n) is 3.98. The van der Waals surface area contributed by atoms with Crippen LogP contribution in [0.4, 0.5) is 0 Å². The van der Waals surface area contributed by atoms with E-state index in [0.717, 1.165) is 62.4 Å². The molecule has 2 aromatic rings. The molecule has 0 radical (unpaired) electrons. The Hall–Kier alpha value is -2.31. The fourth-order valence-corrected chi connectivity index (χ4v) is 3.98. The topological polar surface area (TPSA) is 67.3 Å². The number of benzene rings is 1. The standard InChI is InChI=1S/C22H28N4O2/c1-2-28-15-16-6-8-17(9-7-16)22(27)26-12-4-3-5-20(26)21-24-14-18-13-23-11-10-19(18)25-21/h6-9,14,20,23H,2-5,10-13,15H2,1H3. The van der Waals surface area contributed by atoms with Crippen molar-refractivity contribution in [1.82, 2.24) is 20.2 Å². The van der Waals surface area contributed by atoms with Gasteiger partial charge in [-0.2, -0.15) is 0 Å². The molecular weight excluding hydrogens is 352 g/mol. The number of nitrogens with zero attached hydrogens (tertiary/aromatic N) is 3. The molecule has 6 heteroatoms. The zero-order valence-electron chi connectivity index (χ0n) is 16.5. The van der Waals surface area contributed by atoms with Gasteiger partial charge in [0.05, 0.1) is 12.6 Å². The molecule has 1 unspecified atom stereocenters. The number of hydrogen-bond donors (Lipinski definition) is 1. The number of hydrogen-bond acceptors (Lipinski definition) is 5. The molecule has 1 saturated heterocycles. The summed E-state index contributed by atoms with van der Waals surface area (Å²) in [6.07, 6.45) is 5.91. The lowest BCUT2D eigenvalue weighted by Crippen LogP contribution is -2.39. The lowest BCUT2D eigenvalue weighted by Gasteiger charge is -2.35. The van der Waals surface area contributed by atoms with Gasteiger partial charge in [0.25, 0.3) is 5.91 Å². The van der Waals surface area contributed by atoms with Gasteiger partial charge >= 0.3 is 0 Å². The lowest BCUT2D eigenvalue weighted by atomic mass is 9.99. The molecule has 4 rings (SSSR count). The van der Waals surface area contributed by atoms with Crippen LogP contribution in [0.5, 0.6) is 0 Å². The van der Waals surface area contributed by atoms with Crippen molar-refractivity contribution in [2.45, 2.75) is 51.8 Å². The second-order valence-corrected chi connectivity index (χ2v) is 7.47. The quantitative estimate of drug-likeness (QED) is 0.864. The lowest BCUT2D eigenvalue weighted by molar-refractivity contribution is 0.0599. The maximum Gasteiger partial charge on any atom is 0.254 e. The summed E-state index contributed by atoms with van der Waals surface area (Å²) in [5.41, 5.74) is 4.10. The van der Waals surface area contributed by atoms with Crippen molar-refractivity contribution < 1.29 is 9.53 Å². The molecular formula is C22H28N4O2. The van der Waals surface area contributed by atoms with E-state index in [-0.39, 0.29) is 11.9 Å². The average molecular weight is 380 g/mol. The molecule has 0 bridgehead atoms. The molecule has 3 heterocycles. The normalized spacial score (nSPS) is 19.3. The number of aromatic nitrogens is 2. The first-order valence-electron chi connectivity index (χ1n) is 10.3. The number of rotatable bonds is 5. The van der Waals surface area contributed by atoms with Crippen LogP contribution in [0.2, 0.25) is 0 Å². The number of fused-ring (bicyclic) bond motifs is 1. The molecule has 1 fully saturated rings. The summed E-state index contributed by atoms with van der Waals surface area (Å²) in [6, 6.07) is 7.72. The Bertz CT molecular complexity index is 822. The number of likely N-dealkylation sites (tertiary alicyclic amines) is 1. The second kappa shape index (κ2) is 8.80. The number of ether oxygens (including phenoxy) is 1. The number of nitrogens with one attached hydrogen (secondary N) is 1. The van der Waals surface area contributed by atoms with Crippen LogP contribution in [-0.2, 0) is 24.3 Å². The Kier molecular flexibility index (Phi) is 5.98. The monoisotopic (exact) mass is 380 g/mol. The van der Waals surface area contributed by atoms with Gasteiger partial charge in [-0.15, -0.1) is 0 Å². The van der Waals surface area contributed by atoms with E-state index in [1.54, 1.807) is 0 Å². The van der Waals surface area contributed by atoms with Crippen LogP contribution in [0.1, 0.15) is 65.2 Å². The Morgan fingerprint density at radius 3 is 2.96 bits per heavy atom. The minimum Gasteiger partial charge on any atom is -0.377 e. The summed E-state index contributed by atoms with van der Waals surface area (Å²) in [7, 11) is 0. The maximum atomic E-state index is 13.2. The van der Waals surface area contributed by atoms with Gasteiger partial charge < -0.3 is 15.0 Å². The van der Waals surface area contributed by atoms with Crippen molar-refractivity contribution in [3.63, 3.8) is 0 Å². The van der Waals surface area contributed by atoms with E-state index >= 15 is 0 Å². The molecule has 148 valence electrons. The molecule has 28 heavy (non-hydrogen) atoms. The van der Waals surface area contributed by atoms with E-state index < -0.39 is 0 Å². The van der Waals surface area contributed by atoms with Crippen molar-refractivity contribution in [2.75, 3.05) is 19.7 Å². The average Bonchev–Trinajstić information content (AvgIpc) is 2.77. The van der Waals surface area contributed by atoms with Crippen molar-refractivity contribution in [1.29, 1.82) is 0 Å². The molecule has 1 aromatic carbocycles. The SMILES string of the molecule is CCOCc1ccc(C(=O)N2CCCCC2c2ncc3c(n2)CCNC3)cc1. The van der Waals surface area contributed by atoms with Crippen molar-refractivity contribution >= 4 is 5.91 Å². The second-order valence-electron chi connectivity index (χ2n) is 7.47. The summed E-state index contributed by atoms with van der Waals surface area (Å²) in [5.74, 6) is 0.859. The first kappa shape index (κ1) is 19.0. The van der Waals surface area contributed by atoms with Gasteiger partial charge in [-0.05, 0) is 43.9 Å². The molecule has 2 aliphatic heterocycles. The highest BCUT2D eigenvalue weighted by Crippen LogP contribution is 2.31. The molecule has 0 aliphatic carbocycles. The van der Waals surface area contributed by atoms with Crippen LogP contribution in [0.15, 0.2) is 30.5 Å². The molecule has 0 saturated carbocycles. The van der Waals surface area contributed by atoms with Crippen LogP contribution in [0, 0.1) is 0 Å². The fraction of sp³-hybridized carbons (Fsp3) is 0.500. The summed E-state index contributed by atoms with van der Waals surface area (Å²) in [6.45, 7) is 5.78. The third kappa shape index (κ3) is 4.08. The number of carbonyl (C=O) groups is 1. The summed E-state index contributed by atoms with van der Waals surface area (Å²) < 4.78 is 5.44. The molecule has 1 aromatic heterocycles. The molecule has 1 atom stereocenters. The highest BCUT2D eigenvalue weighted by Gasteiger charge is 2.31. The number of amides is 1. The van der Waals surface area contributed by atoms with E-state index in [4.69, 9.17) is 9.72 Å². The van der Waals surface area contributed by atoms with E-state index in [1.165, 1.54) is 5.56 Å². The van der Waals surface area contributed by atoms with E-state index in [0.29, 0.717) is 18.8 Å². The van der Waals surface area contributed by atoms with Gasteiger partial charge in [-0.1, -0.05) is 12.1 Å². The van der Waals surface area contributed by atoms with E-state index in [9.17, 15) is 4.79 Å². The predicted molar refractivity (Wildman–Crippen MR) is 107 cm³/mol. The Morgan fingerprint density at radius 1 is 1.29 bits per heavy atom. The van der Waals surface area contributed by atoms with Crippen molar-refractivity contribution in [3.05, 3.63) is 58.7 Å². The van der Waals surface area contributed by atoms with Crippen molar-refractivity contribution in [3.8, 4) is 0 Å². The molecule has 0 spiro atoms. The minimum atomic E-state index is -0.0375. The zero-order chi connectivity index (χ0) is 19.3. The van der Waals surface area contributed by atoms with Crippen LogP contribution < -0.4 is 5.32 Å². The largest absolute Gasteiger partial charge is 0.377 e.